The fraction of sp³-hybridized carbons (Fsp3) is 0.316. The minimum Gasteiger partial charge on any atom is -0.348 e. The highest BCUT2D eigenvalue weighted by Crippen LogP contribution is 2.29. The van der Waals surface area contributed by atoms with Crippen LogP contribution >= 0.6 is 11.6 Å². The Morgan fingerprint density at radius 3 is 3.04 bits per heavy atom. The lowest BCUT2D eigenvalue weighted by atomic mass is 9.98. The van der Waals surface area contributed by atoms with E-state index in [1.165, 1.54) is 6.20 Å². The molecule has 0 aliphatic carbocycles. The molecule has 9 heteroatoms. The van der Waals surface area contributed by atoms with E-state index >= 15 is 0 Å². The Morgan fingerprint density at radius 2 is 2.21 bits per heavy atom. The minimum absolute atomic E-state index is 0.00906. The molecule has 1 N–H and O–H groups in total. The molecular formula is C19H18ClN7O. The maximum Gasteiger partial charge on any atom is 0.231 e. The van der Waals surface area contributed by atoms with Gasteiger partial charge in [-0.1, -0.05) is 35.8 Å². The summed E-state index contributed by atoms with van der Waals surface area (Å²) in [6.45, 7) is 4.24. The summed E-state index contributed by atoms with van der Waals surface area (Å²) in [5.74, 6) is 1.52. The number of halogens is 1. The topological polar surface area (TPSA) is 104 Å². The zero-order chi connectivity index (χ0) is 19.5. The summed E-state index contributed by atoms with van der Waals surface area (Å²) in [5, 5.41) is 17.5. The van der Waals surface area contributed by atoms with E-state index in [1.807, 2.05) is 19.1 Å². The second kappa shape index (κ2) is 7.92. The fourth-order valence-corrected chi connectivity index (χ4v) is 3.57. The largest absolute Gasteiger partial charge is 0.348 e. The number of anilines is 1. The molecule has 1 saturated heterocycles. The first-order valence-corrected chi connectivity index (χ1v) is 9.33. The summed E-state index contributed by atoms with van der Waals surface area (Å²) < 4.78 is 5.56. The van der Waals surface area contributed by atoms with Gasteiger partial charge in [-0.15, -0.1) is 0 Å². The summed E-state index contributed by atoms with van der Waals surface area (Å²) in [4.78, 5) is 15.2. The molecule has 4 rings (SSSR count). The average Bonchev–Trinajstić information content (AvgIpc) is 3.23. The standard InChI is InChI=1S/C19H18ClN7O/c1-12(19-25-17(26-28-19)13-3-2-4-14(20)9-13)16-11-22-7-8-27(16)18-15(10-21)23-5-6-24-18/h2-6,9,12,16,22H,7-8,11H2,1H3. The van der Waals surface area contributed by atoms with Crippen molar-refractivity contribution in [3.05, 3.63) is 53.3 Å². The van der Waals surface area contributed by atoms with Crippen LogP contribution in [0.25, 0.3) is 11.4 Å². The van der Waals surface area contributed by atoms with Crippen LogP contribution in [0.15, 0.2) is 41.2 Å². The number of hydrogen-bond donors (Lipinski definition) is 1. The van der Waals surface area contributed by atoms with Crippen LogP contribution < -0.4 is 10.2 Å². The van der Waals surface area contributed by atoms with Crippen LogP contribution in [0, 0.1) is 11.3 Å². The van der Waals surface area contributed by atoms with E-state index in [1.54, 1.807) is 18.3 Å². The molecule has 2 unspecified atom stereocenters. The maximum atomic E-state index is 9.40. The lowest BCUT2D eigenvalue weighted by Crippen LogP contribution is -2.54. The first-order chi connectivity index (χ1) is 13.7. The van der Waals surface area contributed by atoms with Crippen molar-refractivity contribution in [2.45, 2.75) is 18.9 Å². The zero-order valence-corrected chi connectivity index (χ0v) is 16.0. The van der Waals surface area contributed by atoms with Gasteiger partial charge in [-0.3, -0.25) is 0 Å². The summed E-state index contributed by atoms with van der Waals surface area (Å²) in [5.41, 5.74) is 1.11. The van der Waals surface area contributed by atoms with Gasteiger partial charge in [-0.25, -0.2) is 9.97 Å². The fourth-order valence-electron chi connectivity index (χ4n) is 3.38. The van der Waals surface area contributed by atoms with Gasteiger partial charge in [0.15, 0.2) is 11.5 Å². The smallest absolute Gasteiger partial charge is 0.231 e. The van der Waals surface area contributed by atoms with Crippen molar-refractivity contribution >= 4 is 17.4 Å². The predicted molar refractivity (Wildman–Crippen MR) is 104 cm³/mol. The van der Waals surface area contributed by atoms with Gasteiger partial charge in [0, 0.05) is 42.6 Å². The monoisotopic (exact) mass is 395 g/mol. The second-order valence-corrected chi connectivity index (χ2v) is 7.00. The van der Waals surface area contributed by atoms with Crippen molar-refractivity contribution in [1.29, 1.82) is 5.26 Å². The molecule has 1 aliphatic heterocycles. The third-order valence-corrected chi connectivity index (χ3v) is 5.07. The van der Waals surface area contributed by atoms with Crippen LogP contribution in [-0.2, 0) is 0 Å². The Hall–Kier alpha value is -3.02. The maximum absolute atomic E-state index is 9.40. The summed E-state index contributed by atoms with van der Waals surface area (Å²) >= 11 is 6.06. The molecule has 1 fully saturated rings. The first-order valence-electron chi connectivity index (χ1n) is 8.95. The Balaban J connectivity index is 1.63. The van der Waals surface area contributed by atoms with Crippen molar-refractivity contribution in [3.63, 3.8) is 0 Å². The molecule has 0 bridgehead atoms. The normalized spacial score (nSPS) is 17.9. The van der Waals surface area contributed by atoms with Gasteiger partial charge in [0.25, 0.3) is 0 Å². The van der Waals surface area contributed by atoms with Crippen LogP contribution in [0.3, 0.4) is 0 Å². The van der Waals surface area contributed by atoms with Crippen LogP contribution in [0.1, 0.15) is 24.4 Å². The van der Waals surface area contributed by atoms with Gasteiger partial charge in [0.2, 0.25) is 11.7 Å². The van der Waals surface area contributed by atoms with Crippen LogP contribution in [0.5, 0.6) is 0 Å². The molecule has 3 heterocycles. The van der Waals surface area contributed by atoms with E-state index in [0.717, 1.165) is 12.1 Å². The quantitative estimate of drug-likeness (QED) is 0.718. The van der Waals surface area contributed by atoms with Crippen molar-refractivity contribution in [2.24, 2.45) is 0 Å². The summed E-state index contributed by atoms with van der Waals surface area (Å²) in [7, 11) is 0. The number of benzene rings is 1. The highest BCUT2D eigenvalue weighted by atomic mass is 35.5. The number of nitriles is 1. The van der Waals surface area contributed by atoms with Gasteiger partial charge in [0.05, 0.1) is 12.0 Å². The van der Waals surface area contributed by atoms with E-state index in [4.69, 9.17) is 16.1 Å². The van der Waals surface area contributed by atoms with Crippen LogP contribution in [0.2, 0.25) is 5.02 Å². The molecule has 142 valence electrons. The third kappa shape index (κ3) is 3.54. The molecule has 1 aliphatic rings. The molecule has 1 aromatic carbocycles. The summed E-state index contributed by atoms with van der Waals surface area (Å²) in [6.07, 6.45) is 3.13. The Kier molecular flexibility index (Phi) is 5.19. The van der Waals surface area contributed by atoms with Crippen LogP contribution in [0.4, 0.5) is 5.82 Å². The van der Waals surface area contributed by atoms with Crippen molar-refractivity contribution in [3.8, 4) is 17.5 Å². The van der Waals surface area contributed by atoms with Gasteiger partial charge in [-0.05, 0) is 12.1 Å². The predicted octanol–water partition coefficient (Wildman–Crippen LogP) is 2.63. The summed E-state index contributed by atoms with van der Waals surface area (Å²) in [6, 6.07) is 9.45. The lowest BCUT2D eigenvalue weighted by molar-refractivity contribution is 0.322. The highest BCUT2D eigenvalue weighted by molar-refractivity contribution is 6.30. The SMILES string of the molecule is CC(c1nc(-c2cccc(Cl)c2)no1)C1CNCCN1c1nccnc1C#N. The number of nitrogens with zero attached hydrogens (tertiary/aromatic N) is 6. The Morgan fingerprint density at radius 1 is 1.36 bits per heavy atom. The average molecular weight is 396 g/mol. The number of nitrogens with one attached hydrogen (secondary N) is 1. The molecule has 0 saturated carbocycles. The van der Waals surface area contributed by atoms with Crippen molar-refractivity contribution < 1.29 is 4.52 Å². The van der Waals surface area contributed by atoms with Crippen molar-refractivity contribution in [2.75, 3.05) is 24.5 Å². The van der Waals surface area contributed by atoms with Gasteiger partial charge in [-0.2, -0.15) is 10.2 Å². The van der Waals surface area contributed by atoms with E-state index in [9.17, 15) is 5.26 Å². The number of hydrogen-bond acceptors (Lipinski definition) is 8. The molecule has 2 atom stereocenters. The van der Waals surface area contributed by atoms with Gasteiger partial charge in [0.1, 0.15) is 6.07 Å². The van der Waals surface area contributed by atoms with E-state index in [-0.39, 0.29) is 12.0 Å². The van der Waals surface area contributed by atoms with E-state index in [2.05, 4.69) is 36.4 Å². The third-order valence-electron chi connectivity index (χ3n) is 4.83. The molecule has 8 nitrogen and oxygen atoms in total. The number of aromatic nitrogens is 4. The highest BCUT2D eigenvalue weighted by Gasteiger charge is 2.33. The van der Waals surface area contributed by atoms with Gasteiger partial charge >= 0.3 is 0 Å². The molecule has 2 aromatic heterocycles. The number of piperazine rings is 1. The zero-order valence-electron chi connectivity index (χ0n) is 15.2. The number of rotatable bonds is 4. The molecule has 0 radical (unpaired) electrons. The molecule has 0 spiro atoms. The van der Waals surface area contributed by atoms with Gasteiger partial charge < -0.3 is 14.7 Å². The minimum atomic E-state index is -0.0817. The Labute approximate surface area is 167 Å². The molecular weight excluding hydrogens is 378 g/mol. The molecule has 0 amide bonds. The first kappa shape index (κ1) is 18.3. The van der Waals surface area contributed by atoms with Crippen LogP contribution in [-0.4, -0.2) is 45.8 Å². The molecule has 3 aromatic rings. The van der Waals surface area contributed by atoms with E-state index in [0.29, 0.717) is 41.3 Å². The second-order valence-electron chi connectivity index (χ2n) is 6.56. The Bertz CT molecular complexity index is 1020. The van der Waals surface area contributed by atoms with E-state index < -0.39 is 0 Å². The van der Waals surface area contributed by atoms with Crippen molar-refractivity contribution in [1.82, 2.24) is 25.4 Å². The molecule has 28 heavy (non-hydrogen) atoms. The lowest BCUT2D eigenvalue weighted by Gasteiger charge is -2.39.